The Morgan fingerprint density at radius 3 is 2.32 bits per heavy atom. The van der Waals surface area contributed by atoms with Crippen molar-refractivity contribution < 1.29 is 13.2 Å². The van der Waals surface area contributed by atoms with E-state index in [0.717, 1.165) is 0 Å². The molecule has 0 atom stereocenters. The summed E-state index contributed by atoms with van der Waals surface area (Å²) in [6.07, 6.45) is 0. The van der Waals surface area contributed by atoms with E-state index in [1.54, 1.807) is 0 Å². The second kappa shape index (κ2) is 6.15. The van der Waals surface area contributed by atoms with Crippen molar-refractivity contribution in [2.24, 2.45) is 27.2 Å². The summed E-state index contributed by atoms with van der Waals surface area (Å²) in [6, 6.07) is 3.91. The van der Waals surface area contributed by atoms with Crippen LogP contribution in [0.25, 0.3) is 0 Å². The Morgan fingerprint density at radius 2 is 1.84 bits per heavy atom. The maximum Gasteiger partial charge on any atom is 0.446 e. The molecule has 1 aromatic carbocycles. The summed E-state index contributed by atoms with van der Waals surface area (Å²) < 4.78 is 36.9. The van der Waals surface area contributed by atoms with Crippen molar-refractivity contribution in [1.29, 1.82) is 0 Å². The van der Waals surface area contributed by atoms with Crippen LogP contribution in [0, 0.1) is 0 Å². The van der Waals surface area contributed by atoms with Crippen molar-refractivity contribution >= 4 is 45.3 Å². The van der Waals surface area contributed by atoms with Gasteiger partial charge in [0.15, 0.2) is 5.96 Å². The van der Waals surface area contributed by atoms with E-state index in [4.69, 9.17) is 17.2 Å². The predicted octanol–water partition coefficient (Wildman–Crippen LogP) is 2.28. The smallest absolute Gasteiger partial charge is 0.370 e. The first kappa shape index (κ1) is 15.6. The molecule has 0 aromatic heterocycles. The number of thioether (sulfide) groups is 1. The lowest BCUT2D eigenvalue weighted by Crippen LogP contribution is -2.26. The molecule has 0 radical (unpaired) electrons. The van der Waals surface area contributed by atoms with E-state index in [1.165, 1.54) is 18.2 Å². The zero-order valence-electron chi connectivity index (χ0n) is 9.28. The molecule has 0 saturated carbocycles. The quantitative estimate of drug-likeness (QED) is 0.430. The van der Waals surface area contributed by atoms with Crippen molar-refractivity contribution in [3.63, 3.8) is 0 Å². The van der Waals surface area contributed by atoms with E-state index in [9.17, 15) is 13.2 Å². The Bertz CT molecular complexity index is 525. The lowest BCUT2D eigenvalue weighted by atomic mass is 10.3. The zero-order valence-corrected chi connectivity index (χ0v) is 11.7. The van der Waals surface area contributed by atoms with E-state index in [-0.39, 0.29) is 28.6 Å². The molecule has 1 aromatic rings. The molecule has 1 rings (SSSR count). The molecule has 10 heteroatoms. The van der Waals surface area contributed by atoms with E-state index in [1.807, 2.05) is 0 Å². The van der Waals surface area contributed by atoms with Crippen LogP contribution in [0.15, 0.2) is 37.6 Å². The average Bonchev–Trinajstić information content (AvgIpc) is 2.18. The van der Waals surface area contributed by atoms with Crippen LogP contribution in [-0.2, 0) is 0 Å². The largest absolute Gasteiger partial charge is 0.446 e. The highest BCUT2D eigenvalue weighted by molar-refractivity contribution is 9.10. The third-order valence-corrected chi connectivity index (χ3v) is 2.99. The van der Waals surface area contributed by atoms with E-state index in [0.29, 0.717) is 10.2 Å². The predicted molar refractivity (Wildman–Crippen MR) is 73.1 cm³/mol. The van der Waals surface area contributed by atoms with Gasteiger partial charge in [-0.05, 0) is 45.9 Å². The summed E-state index contributed by atoms with van der Waals surface area (Å²) >= 11 is 2.87. The molecule has 0 amide bonds. The van der Waals surface area contributed by atoms with E-state index >= 15 is 0 Å². The van der Waals surface area contributed by atoms with Crippen LogP contribution >= 0.6 is 27.7 Å². The summed E-state index contributed by atoms with van der Waals surface area (Å²) in [6.45, 7) is 0. The summed E-state index contributed by atoms with van der Waals surface area (Å²) in [5, 5.41) is 0. The Labute approximate surface area is 119 Å². The van der Waals surface area contributed by atoms with Crippen molar-refractivity contribution in [3.8, 4) is 0 Å². The molecule has 0 heterocycles. The van der Waals surface area contributed by atoms with Crippen LogP contribution in [-0.4, -0.2) is 17.4 Å². The topological polar surface area (TPSA) is 103 Å². The third-order valence-electron chi connectivity index (χ3n) is 1.63. The first-order valence-corrected chi connectivity index (χ1v) is 6.27. The van der Waals surface area contributed by atoms with Gasteiger partial charge in [0.2, 0.25) is 5.96 Å². The van der Waals surface area contributed by atoms with Crippen molar-refractivity contribution in [2.75, 3.05) is 0 Å². The fraction of sp³-hybridized carbons (Fsp3) is 0.111. The molecule has 104 valence electrons. The molecule has 0 bridgehead atoms. The van der Waals surface area contributed by atoms with Crippen LogP contribution in [0.1, 0.15) is 0 Å². The standard InChI is InChI=1S/C9H9BrF3N5S/c10-5-3-4(19-9(11,12)13)1-2-6(5)17-8(16)18-7(14)15/h1-3H,(H6,14,15,16,17,18). The van der Waals surface area contributed by atoms with Crippen molar-refractivity contribution in [1.82, 2.24) is 0 Å². The van der Waals surface area contributed by atoms with Gasteiger partial charge in [-0.15, -0.1) is 0 Å². The van der Waals surface area contributed by atoms with Gasteiger partial charge in [0, 0.05) is 9.37 Å². The molecule has 6 N–H and O–H groups in total. The summed E-state index contributed by atoms with van der Waals surface area (Å²) in [5.74, 6) is -0.460. The second-order valence-corrected chi connectivity index (χ2v) is 5.16. The number of nitrogens with two attached hydrogens (primary N) is 3. The molecular formula is C9H9BrF3N5S. The molecule has 0 unspecified atom stereocenters. The summed E-state index contributed by atoms with van der Waals surface area (Å²) in [7, 11) is 0. The van der Waals surface area contributed by atoms with Gasteiger partial charge in [-0.2, -0.15) is 18.2 Å². The molecule has 0 fully saturated rings. The van der Waals surface area contributed by atoms with Gasteiger partial charge in [0.25, 0.3) is 0 Å². The van der Waals surface area contributed by atoms with Crippen molar-refractivity contribution in [2.45, 2.75) is 10.4 Å². The lowest BCUT2D eigenvalue weighted by Gasteiger charge is -2.07. The number of guanidine groups is 2. The maximum atomic E-state index is 12.2. The molecule has 0 saturated heterocycles. The van der Waals surface area contributed by atoms with Crippen LogP contribution in [0.4, 0.5) is 18.9 Å². The zero-order chi connectivity index (χ0) is 14.6. The van der Waals surface area contributed by atoms with Gasteiger partial charge in [-0.3, -0.25) is 0 Å². The monoisotopic (exact) mass is 355 g/mol. The van der Waals surface area contributed by atoms with Gasteiger partial charge >= 0.3 is 5.51 Å². The molecule has 0 aliphatic heterocycles. The van der Waals surface area contributed by atoms with E-state index < -0.39 is 5.51 Å². The minimum absolute atomic E-state index is 0.0266. The SMILES string of the molecule is NC(N)=NC(N)=Nc1ccc(SC(F)(F)F)cc1Br. The molecule has 0 aliphatic rings. The van der Waals surface area contributed by atoms with Crippen LogP contribution in [0.3, 0.4) is 0 Å². The number of nitrogens with zero attached hydrogens (tertiary/aromatic N) is 2. The van der Waals surface area contributed by atoms with Gasteiger partial charge in [0.05, 0.1) is 5.69 Å². The Kier molecular flexibility index (Phi) is 5.06. The average molecular weight is 356 g/mol. The number of hydrogen-bond acceptors (Lipinski definition) is 2. The number of hydrogen-bond donors (Lipinski definition) is 3. The molecule has 5 nitrogen and oxygen atoms in total. The first-order chi connectivity index (χ1) is 8.67. The van der Waals surface area contributed by atoms with Crippen LogP contribution in [0.2, 0.25) is 0 Å². The summed E-state index contributed by atoms with van der Waals surface area (Å²) in [5.41, 5.74) is 11.6. The highest BCUT2D eigenvalue weighted by atomic mass is 79.9. The molecule has 0 aliphatic carbocycles. The van der Waals surface area contributed by atoms with Crippen LogP contribution in [0.5, 0.6) is 0 Å². The normalized spacial score (nSPS) is 12.3. The fourth-order valence-corrected chi connectivity index (χ4v) is 2.26. The highest BCUT2D eigenvalue weighted by Crippen LogP contribution is 2.39. The van der Waals surface area contributed by atoms with Gasteiger partial charge in [-0.25, -0.2) is 4.99 Å². The Balaban J connectivity index is 2.98. The molecule has 0 spiro atoms. The molecular weight excluding hydrogens is 347 g/mol. The number of halogens is 4. The fourth-order valence-electron chi connectivity index (χ4n) is 1.06. The Morgan fingerprint density at radius 1 is 1.21 bits per heavy atom. The van der Waals surface area contributed by atoms with E-state index in [2.05, 4.69) is 25.9 Å². The minimum Gasteiger partial charge on any atom is -0.370 e. The number of alkyl halides is 3. The minimum atomic E-state index is -4.35. The maximum absolute atomic E-state index is 12.2. The third kappa shape index (κ3) is 5.83. The van der Waals surface area contributed by atoms with Gasteiger partial charge < -0.3 is 17.2 Å². The number of aliphatic imine (C=N–C) groups is 2. The number of rotatable bonds is 2. The lowest BCUT2D eigenvalue weighted by molar-refractivity contribution is -0.0328. The summed E-state index contributed by atoms with van der Waals surface area (Å²) in [4.78, 5) is 7.36. The van der Waals surface area contributed by atoms with Crippen molar-refractivity contribution in [3.05, 3.63) is 22.7 Å². The van der Waals surface area contributed by atoms with Gasteiger partial charge in [0.1, 0.15) is 0 Å². The Hall–Kier alpha value is -1.42. The first-order valence-electron chi connectivity index (χ1n) is 4.66. The molecule has 19 heavy (non-hydrogen) atoms. The highest BCUT2D eigenvalue weighted by Gasteiger charge is 2.29. The second-order valence-electron chi connectivity index (χ2n) is 3.17. The van der Waals surface area contributed by atoms with Crippen LogP contribution < -0.4 is 17.2 Å². The number of benzene rings is 1. The van der Waals surface area contributed by atoms with Gasteiger partial charge in [-0.1, -0.05) is 0 Å².